The number of benzene rings is 2. The molecule has 160 valence electrons. The quantitative estimate of drug-likeness (QED) is 0.533. The van der Waals surface area contributed by atoms with E-state index in [0.717, 1.165) is 4.90 Å². The van der Waals surface area contributed by atoms with Gasteiger partial charge in [0.05, 0.1) is 29.0 Å². The van der Waals surface area contributed by atoms with E-state index in [1.165, 1.54) is 31.2 Å². The van der Waals surface area contributed by atoms with E-state index in [1.807, 2.05) is 0 Å². The van der Waals surface area contributed by atoms with Crippen LogP contribution in [0.15, 0.2) is 48.5 Å². The molecule has 1 aliphatic rings. The van der Waals surface area contributed by atoms with Crippen molar-refractivity contribution < 1.29 is 33.4 Å². The number of carbonyl (C=O) groups is 5. The molecule has 1 unspecified atom stereocenters. The zero-order valence-electron chi connectivity index (χ0n) is 16.9. The molecule has 2 aromatic rings. The number of ether oxygens (including phenoxy) is 2. The fourth-order valence-electron chi connectivity index (χ4n) is 3.09. The predicted molar refractivity (Wildman–Crippen MR) is 108 cm³/mol. The lowest BCUT2D eigenvalue weighted by Crippen LogP contribution is -2.44. The first-order valence-electron chi connectivity index (χ1n) is 9.54. The van der Waals surface area contributed by atoms with Crippen molar-refractivity contribution in [1.82, 2.24) is 4.90 Å². The molecule has 2 aromatic carbocycles. The summed E-state index contributed by atoms with van der Waals surface area (Å²) in [5.74, 6) is -3.41. The fraction of sp³-hybridized carbons (Fsp3) is 0.227. The normalized spacial score (nSPS) is 13.4. The summed E-state index contributed by atoms with van der Waals surface area (Å²) >= 11 is 0. The molecule has 0 spiro atoms. The van der Waals surface area contributed by atoms with Gasteiger partial charge in [0.2, 0.25) is 0 Å². The van der Waals surface area contributed by atoms with E-state index in [0.29, 0.717) is 0 Å². The van der Waals surface area contributed by atoms with Gasteiger partial charge in [-0.3, -0.25) is 19.3 Å². The Morgan fingerprint density at radius 1 is 0.935 bits per heavy atom. The summed E-state index contributed by atoms with van der Waals surface area (Å²) < 4.78 is 9.92. The number of fused-ring (bicyclic) bond motifs is 1. The monoisotopic (exact) mass is 424 g/mol. The third-order valence-electron chi connectivity index (χ3n) is 4.60. The number of hydrogen-bond donors (Lipinski definition) is 1. The second-order valence-electron chi connectivity index (χ2n) is 6.62. The molecule has 0 fully saturated rings. The maximum absolute atomic E-state index is 12.5. The lowest BCUT2D eigenvalue weighted by atomic mass is 10.1. The highest BCUT2D eigenvalue weighted by Crippen LogP contribution is 2.24. The van der Waals surface area contributed by atoms with Crippen molar-refractivity contribution >= 4 is 35.3 Å². The minimum atomic E-state index is -1.22. The van der Waals surface area contributed by atoms with Crippen LogP contribution in [0.3, 0.4) is 0 Å². The third kappa shape index (κ3) is 4.45. The van der Waals surface area contributed by atoms with Crippen molar-refractivity contribution in [2.45, 2.75) is 19.9 Å². The first-order valence-corrected chi connectivity index (χ1v) is 9.54. The van der Waals surface area contributed by atoms with Gasteiger partial charge >= 0.3 is 11.9 Å². The zero-order valence-corrected chi connectivity index (χ0v) is 16.9. The van der Waals surface area contributed by atoms with Gasteiger partial charge in [0, 0.05) is 0 Å². The Bertz CT molecular complexity index is 1030. The first-order chi connectivity index (χ1) is 14.8. The summed E-state index contributed by atoms with van der Waals surface area (Å²) in [5, 5.41) is 2.48. The summed E-state index contributed by atoms with van der Waals surface area (Å²) in [4.78, 5) is 62.3. The van der Waals surface area contributed by atoms with Gasteiger partial charge in [0.15, 0.2) is 6.61 Å². The highest BCUT2D eigenvalue weighted by atomic mass is 16.5. The van der Waals surface area contributed by atoms with Crippen molar-refractivity contribution in [3.8, 4) is 0 Å². The molecule has 31 heavy (non-hydrogen) atoms. The number of esters is 2. The van der Waals surface area contributed by atoms with E-state index in [9.17, 15) is 24.0 Å². The summed E-state index contributed by atoms with van der Waals surface area (Å²) in [6.45, 7) is 2.52. The highest BCUT2D eigenvalue weighted by molar-refractivity contribution is 6.22. The number of rotatable bonds is 7. The topological polar surface area (TPSA) is 119 Å². The second-order valence-corrected chi connectivity index (χ2v) is 6.62. The summed E-state index contributed by atoms with van der Waals surface area (Å²) in [7, 11) is 0. The van der Waals surface area contributed by atoms with Gasteiger partial charge in [-0.05, 0) is 38.1 Å². The number of imide groups is 1. The van der Waals surface area contributed by atoms with Crippen molar-refractivity contribution in [3.63, 3.8) is 0 Å². The van der Waals surface area contributed by atoms with Crippen LogP contribution in [0.4, 0.5) is 5.69 Å². The fourth-order valence-corrected chi connectivity index (χ4v) is 3.09. The Kier molecular flexibility index (Phi) is 6.44. The molecule has 1 aliphatic heterocycles. The van der Waals surface area contributed by atoms with Gasteiger partial charge in [-0.2, -0.15) is 0 Å². The Hall–Kier alpha value is -4.01. The molecule has 3 amide bonds. The summed E-state index contributed by atoms with van der Waals surface area (Å²) in [5.41, 5.74) is 0.778. The van der Waals surface area contributed by atoms with E-state index in [4.69, 9.17) is 9.47 Å². The Morgan fingerprint density at radius 3 is 2.13 bits per heavy atom. The number of anilines is 1. The molecule has 9 heteroatoms. The summed E-state index contributed by atoms with van der Waals surface area (Å²) in [6.07, 6.45) is 0. The molecule has 0 aromatic heterocycles. The molecule has 1 N–H and O–H groups in total. The lowest BCUT2D eigenvalue weighted by molar-refractivity contribution is -0.150. The van der Waals surface area contributed by atoms with Crippen LogP contribution in [0.25, 0.3) is 0 Å². The molecule has 0 saturated heterocycles. The van der Waals surface area contributed by atoms with Crippen LogP contribution in [0.1, 0.15) is 44.9 Å². The van der Waals surface area contributed by atoms with Crippen molar-refractivity contribution in [3.05, 3.63) is 65.2 Å². The van der Waals surface area contributed by atoms with E-state index in [1.54, 1.807) is 31.2 Å². The molecular weight excluding hydrogens is 404 g/mol. The standard InChI is InChI=1S/C22H20N2O7/c1-3-30-22(29)16-10-6-7-11-17(16)23-18(25)12-31-21(28)13(2)24-19(26)14-8-4-5-9-15(14)20(24)27/h4-11,13H,3,12H2,1-2H3,(H,23,25). The summed E-state index contributed by atoms with van der Waals surface area (Å²) in [6, 6.07) is 11.3. The number of para-hydroxylation sites is 1. The average molecular weight is 424 g/mol. The van der Waals surface area contributed by atoms with Crippen molar-refractivity contribution in [1.29, 1.82) is 0 Å². The van der Waals surface area contributed by atoms with Crippen LogP contribution in [-0.2, 0) is 19.1 Å². The number of nitrogens with zero attached hydrogens (tertiary/aromatic N) is 1. The number of amides is 3. The molecule has 9 nitrogen and oxygen atoms in total. The largest absolute Gasteiger partial charge is 0.462 e. The molecular formula is C22H20N2O7. The number of nitrogens with one attached hydrogen (secondary N) is 1. The van der Waals surface area contributed by atoms with Gasteiger partial charge in [0.1, 0.15) is 6.04 Å². The lowest BCUT2D eigenvalue weighted by Gasteiger charge is -2.20. The van der Waals surface area contributed by atoms with Crippen LogP contribution < -0.4 is 5.32 Å². The Balaban J connectivity index is 1.60. The maximum Gasteiger partial charge on any atom is 0.340 e. The molecule has 0 bridgehead atoms. The van der Waals surface area contributed by atoms with Gasteiger partial charge in [-0.15, -0.1) is 0 Å². The molecule has 0 saturated carbocycles. The minimum Gasteiger partial charge on any atom is -0.462 e. The molecule has 1 atom stereocenters. The van der Waals surface area contributed by atoms with E-state index < -0.39 is 42.3 Å². The van der Waals surface area contributed by atoms with Crippen molar-refractivity contribution in [2.75, 3.05) is 18.5 Å². The SMILES string of the molecule is CCOC(=O)c1ccccc1NC(=O)COC(=O)C(C)N1C(=O)c2ccccc2C1=O. The molecule has 3 rings (SSSR count). The van der Waals surface area contributed by atoms with Gasteiger partial charge in [-0.1, -0.05) is 24.3 Å². The maximum atomic E-state index is 12.5. The van der Waals surface area contributed by atoms with Crippen LogP contribution >= 0.6 is 0 Å². The first kappa shape index (κ1) is 21.7. The van der Waals surface area contributed by atoms with Crippen LogP contribution in [-0.4, -0.2) is 53.8 Å². The van der Waals surface area contributed by atoms with E-state index in [-0.39, 0.29) is 29.0 Å². The van der Waals surface area contributed by atoms with Gasteiger partial charge < -0.3 is 14.8 Å². The molecule has 0 aliphatic carbocycles. The van der Waals surface area contributed by atoms with E-state index >= 15 is 0 Å². The smallest absolute Gasteiger partial charge is 0.340 e. The van der Waals surface area contributed by atoms with Gasteiger partial charge in [0.25, 0.3) is 17.7 Å². The Morgan fingerprint density at radius 2 is 1.52 bits per heavy atom. The predicted octanol–water partition coefficient (Wildman–Crippen LogP) is 2.03. The zero-order chi connectivity index (χ0) is 22.5. The van der Waals surface area contributed by atoms with Crippen LogP contribution in [0.5, 0.6) is 0 Å². The molecule has 0 radical (unpaired) electrons. The highest BCUT2D eigenvalue weighted by Gasteiger charge is 2.41. The van der Waals surface area contributed by atoms with Gasteiger partial charge in [-0.25, -0.2) is 9.59 Å². The average Bonchev–Trinajstić information content (AvgIpc) is 3.02. The Labute approximate surface area is 177 Å². The van der Waals surface area contributed by atoms with Crippen LogP contribution in [0, 0.1) is 0 Å². The minimum absolute atomic E-state index is 0.156. The second kappa shape index (κ2) is 9.21. The number of carbonyl (C=O) groups excluding carboxylic acids is 5. The van der Waals surface area contributed by atoms with Crippen LogP contribution in [0.2, 0.25) is 0 Å². The molecule has 1 heterocycles. The van der Waals surface area contributed by atoms with Crippen molar-refractivity contribution in [2.24, 2.45) is 0 Å². The number of hydrogen-bond acceptors (Lipinski definition) is 7. The van der Waals surface area contributed by atoms with E-state index in [2.05, 4.69) is 5.32 Å². The third-order valence-corrected chi connectivity index (χ3v) is 4.60.